The van der Waals surface area contributed by atoms with Crippen LogP contribution in [0.1, 0.15) is 10.5 Å². The van der Waals surface area contributed by atoms with Gasteiger partial charge < -0.3 is 20.3 Å². The molecule has 98 valence electrons. The predicted molar refractivity (Wildman–Crippen MR) is 62.9 cm³/mol. The van der Waals surface area contributed by atoms with Crippen molar-refractivity contribution in [2.45, 2.75) is 0 Å². The highest BCUT2D eigenvalue weighted by atomic mass is 16.5. The third-order valence-electron chi connectivity index (χ3n) is 2.83. The van der Waals surface area contributed by atoms with Crippen molar-refractivity contribution in [3.63, 3.8) is 0 Å². The van der Waals surface area contributed by atoms with Crippen LogP contribution < -0.4 is 5.73 Å². The molecule has 0 unspecified atom stereocenters. The zero-order valence-electron chi connectivity index (χ0n) is 10.0. The maximum absolute atomic E-state index is 12.0. The summed E-state index contributed by atoms with van der Waals surface area (Å²) in [4.78, 5) is 26.5. The Labute approximate surface area is 104 Å². The van der Waals surface area contributed by atoms with Crippen LogP contribution in [0.15, 0.2) is 6.07 Å². The Hall–Kier alpha value is -2.25. The number of rotatable bonds is 1. The zero-order valence-corrected chi connectivity index (χ0v) is 10.0. The van der Waals surface area contributed by atoms with E-state index in [4.69, 9.17) is 5.73 Å². The molecule has 8 nitrogen and oxygen atoms in total. The van der Waals surface area contributed by atoms with Gasteiger partial charge in [-0.3, -0.25) is 9.89 Å². The number of nitrogens with zero attached hydrogens (tertiary/aromatic N) is 3. The molecule has 2 amide bonds. The number of anilines is 1. The molecular formula is C10H15N5O3. The minimum atomic E-state index is -0.368. The number of hydrogen-bond acceptors (Lipinski definition) is 5. The van der Waals surface area contributed by atoms with Crippen molar-refractivity contribution in [2.24, 2.45) is 0 Å². The highest BCUT2D eigenvalue weighted by Gasteiger charge is 2.25. The SMILES string of the molecule is COC(=O)N1CCN(C(=O)c2cc(N)n[nH]2)CC1. The summed E-state index contributed by atoms with van der Waals surface area (Å²) in [6, 6.07) is 1.50. The molecule has 3 N–H and O–H groups in total. The van der Waals surface area contributed by atoms with E-state index < -0.39 is 0 Å². The molecule has 2 heterocycles. The van der Waals surface area contributed by atoms with Crippen LogP contribution in [-0.2, 0) is 4.74 Å². The number of nitrogen functional groups attached to an aromatic ring is 1. The number of amides is 2. The van der Waals surface area contributed by atoms with Crippen LogP contribution in [-0.4, -0.2) is 65.3 Å². The van der Waals surface area contributed by atoms with E-state index in [1.807, 2.05) is 0 Å². The van der Waals surface area contributed by atoms with E-state index >= 15 is 0 Å². The Morgan fingerprint density at radius 3 is 2.44 bits per heavy atom. The summed E-state index contributed by atoms with van der Waals surface area (Å²) in [5, 5.41) is 6.29. The first-order chi connectivity index (χ1) is 8.61. The first kappa shape index (κ1) is 12.2. The number of ether oxygens (including phenoxy) is 1. The summed E-state index contributed by atoms with van der Waals surface area (Å²) in [6.45, 7) is 1.85. The van der Waals surface area contributed by atoms with Crippen LogP contribution in [0.4, 0.5) is 10.6 Å². The number of methoxy groups -OCH3 is 1. The van der Waals surface area contributed by atoms with Crippen LogP contribution in [0.5, 0.6) is 0 Å². The number of H-pyrrole nitrogens is 1. The second-order valence-corrected chi connectivity index (χ2v) is 3.96. The van der Waals surface area contributed by atoms with Crippen LogP contribution in [0.2, 0.25) is 0 Å². The molecule has 1 aliphatic heterocycles. The quantitative estimate of drug-likeness (QED) is 0.703. The van der Waals surface area contributed by atoms with Crippen molar-refractivity contribution in [3.8, 4) is 0 Å². The van der Waals surface area contributed by atoms with Crippen LogP contribution in [0.3, 0.4) is 0 Å². The molecule has 1 aromatic heterocycles. The van der Waals surface area contributed by atoms with Gasteiger partial charge in [-0.15, -0.1) is 0 Å². The number of carbonyl (C=O) groups is 2. The fourth-order valence-electron chi connectivity index (χ4n) is 1.84. The second-order valence-electron chi connectivity index (χ2n) is 3.96. The number of piperazine rings is 1. The highest BCUT2D eigenvalue weighted by Crippen LogP contribution is 2.09. The van der Waals surface area contributed by atoms with Crippen molar-refractivity contribution in [2.75, 3.05) is 39.0 Å². The minimum Gasteiger partial charge on any atom is -0.453 e. The third kappa shape index (κ3) is 2.36. The third-order valence-corrected chi connectivity index (χ3v) is 2.83. The monoisotopic (exact) mass is 253 g/mol. The molecule has 0 saturated carbocycles. The Morgan fingerprint density at radius 1 is 1.33 bits per heavy atom. The number of nitrogens with one attached hydrogen (secondary N) is 1. The van der Waals surface area contributed by atoms with Gasteiger partial charge >= 0.3 is 6.09 Å². The van der Waals surface area contributed by atoms with Crippen molar-refractivity contribution in [1.29, 1.82) is 0 Å². The predicted octanol–water partition coefficient (Wildman–Crippen LogP) is -0.484. The molecule has 0 spiro atoms. The van der Waals surface area contributed by atoms with E-state index in [1.165, 1.54) is 13.2 Å². The largest absolute Gasteiger partial charge is 0.453 e. The summed E-state index contributed by atoms with van der Waals surface area (Å²) in [5.41, 5.74) is 5.80. The molecule has 0 bridgehead atoms. The average Bonchev–Trinajstić information content (AvgIpc) is 2.84. The average molecular weight is 253 g/mol. The van der Waals surface area contributed by atoms with Crippen molar-refractivity contribution >= 4 is 17.8 Å². The molecule has 18 heavy (non-hydrogen) atoms. The Kier molecular flexibility index (Phi) is 3.35. The van der Waals surface area contributed by atoms with Gasteiger partial charge in [0.15, 0.2) is 0 Å². The van der Waals surface area contributed by atoms with Gasteiger partial charge in [0.25, 0.3) is 5.91 Å². The summed E-state index contributed by atoms with van der Waals surface area (Å²) < 4.78 is 4.62. The molecule has 2 rings (SSSR count). The fourth-order valence-corrected chi connectivity index (χ4v) is 1.84. The molecule has 0 aliphatic carbocycles. The minimum absolute atomic E-state index is 0.163. The lowest BCUT2D eigenvalue weighted by Gasteiger charge is -2.33. The topological polar surface area (TPSA) is 105 Å². The molecular weight excluding hydrogens is 238 g/mol. The number of hydrogen-bond donors (Lipinski definition) is 2. The molecule has 1 aromatic rings. The fraction of sp³-hybridized carbons (Fsp3) is 0.500. The Morgan fingerprint density at radius 2 is 1.94 bits per heavy atom. The first-order valence-corrected chi connectivity index (χ1v) is 5.55. The van der Waals surface area contributed by atoms with Gasteiger partial charge in [0, 0.05) is 32.2 Å². The second kappa shape index (κ2) is 4.94. The summed E-state index contributed by atoms with van der Waals surface area (Å²) in [6.07, 6.45) is -0.368. The van der Waals surface area contributed by atoms with E-state index in [0.717, 1.165) is 0 Å². The lowest BCUT2D eigenvalue weighted by Crippen LogP contribution is -2.50. The summed E-state index contributed by atoms with van der Waals surface area (Å²) >= 11 is 0. The van der Waals surface area contributed by atoms with Crippen molar-refractivity contribution in [1.82, 2.24) is 20.0 Å². The molecule has 8 heteroatoms. The van der Waals surface area contributed by atoms with Gasteiger partial charge in [-0.25, -0.2) is 4.79 Å². The molecule has 0 atom stereocenters. The van der Waals surface area contributed by atoms with Gasteiger partial charge in [-0.1, -0.05) is 0 Å². The van der Waals surface area contributed by atoms with Gasteiger partial charge in [0.05, 0.1) is 7.11 Å². The Bertz CT molecular complexity index is 450. The normalized spacial score (nSPS) is 15.6. The van der Waals surface area contributed by atoms with E-state index in [0.29, 0.717) is 31.9 Å². The van der Waals surface area contributed by atoms with E-state index in [1.54, 1.807) is 9.80 Å². The van der Waals surface area contributed by atoms with Gasteiger partial charge in [0.1, 0.15) is 11.5 Å². The molecule has 1 saturated heterocycles. The maximum Gasteiger partial charge on any atom is 0.409 e. The lowest BCUT2D eigenvalue weighted by molar-refractivity contribution is 0.0594. The molecule has 0 aromatic carbocycles. The standard InChI is InChI=1S/C10H15N5O3/c1-18-10(17)15-4-2-14(3-5-15)9(16)7-6-8(11)13-12-7/h6H,2-5H2,1H3,(H3,11,12,13). The van der Waals surface area contributed by atoms with Crippen molar-refractivity contribution < 1.29 is 14.3 Å². The smallest absolute Gasteiger partial charge is 0.409 e. The van der Waals surface area contributed by atoms with Crippen LogP contribution >= 0.6 is 0 Å². The molecule has 1 aliphatic rings. The van der Waals surface area contributed by atoms with E-state index in [-0.39, 0.29) is 17.8 Å². The van der Waals surface area contributed by atoms with Gasteiger partial charge in [-0.2, -0.15) is 5.10 Å². The number of aromatic nitrogens is 2. The van der Waals surface area contributed by atoms with Crippen LogP contribution in [0, 0.1) is 0 Å². The molecule has 1 fully saturated rings. The van der Waals surface area contributed by atoms with Crippen LogP contribution in [0.25, 0.3) is 0 Å². The van der Waals surface area contributed by atoms with E-state index in [2.05, 4.69) is 14.9 Å². The highest BCUT2D eigenvalue weighted by molar-refractivity contribution is 5.93. The molecule has 0 radical (unpaired) electrons. The first-order valence-electron chi connectivity index (χ1n) is 5.55. The van der Waals surface area contributed by atoms with Gasteiger partial charge in [0.2, 0.25) is 0 Å². The number of aromatic amines is 1. The number of carbonyl (C=O) groups excluding carboxylic acids is 2. The summed E-state index contributed by atoms with van der Waals surface area (Å²) in [7, 11) is 1.34. The summed E-state index contributed by atoms with van der Waals surface area (Å²) in [5.74, 6) is 0.121. The zero-order chi connectivity index (χ0) is 13.1. The lowest BCUT2D eigenvalue weighted by atomic mass is 10.3. The maximum atomic E-state index is 12.0. The van der Waals surface area contributed by atoms with E-state index in [9.17, 15) is 9.59 Å². The Balaban J connectivity index is 1.94. The van der Waals surface area contributed by atoms with Crippen molar-refractivity contribution in [3.05, 3.63) is 11.8 Å². The number of nitrogens with two attached hydrogens (primary N) is 1. The van der Waals surface area contributed by atoms with Gasteiger partial charge in [-0.05, 0) is 0 Å².